The summed E-state index contributed by atoms with van der Waals surface area (Å²) in [7, 11) is 0. The van der Waals surface area contributed by atoms with Gasteiger partial charge in [-0.25, -0.2) is 0 Å². The maximum atomic E-state index is 5.76. The Bertz CT molecular complexity index is 362. The van der Waals surface area contributed by atoms with E-state index in [1.165, 1.54) is 18.4 Å². The summed E-state index contributed by atoms with van der Waals surface area (Å²) in [4.78, 5) is 0. The van der Waals surface area contributed by atoms with Gasteiger partial charge in [0, 0.05) is 24.2 Å². The maximum absolute atomic E-state index is 5.76. The number of fused-ring (bicyclic) bond motifs is 2. The average Bonchev–Trinajstić information content (AvgIpc) is 2.86. The van der Waals surface area contributed by atoms with Crippen LogP contribution in [0.2, 0.25) is 0 Å². The number of nitrogens with two attached hydrogens (primary N) is 1. The van der Waals surface area contributed by atoms with Crippen LogP contribution in [0, 0.1) is 0 Å². The van der Waals surface area contributed by atoms with Gasteiger partial charge in [0.2, 0.25) is 0 Å². The molecule has 1 aromatic carbocycles. The molecule has 1 spiro atoms. The van der Waals surface area contributed by atoms with Crippen LogP contribution in [0.15, 0.2) is 18.2 Å². The van der Waals surface area contributed by atoms with E-state index < -0.39 is 0 Å². The third kappa shape index (κ3) is 1.94. The molecule has 15 heavy (non-hydrogen) atoms. The topological polar surface area (TPSA) is 38.0 Å². The van der Waals surface area contributed by atoms with Crippen molar-refractivity contribution in [2.24, 2.45) is 0 Å². The lowest BCUT2D eigenvalue weighted by Gasteiger charge is -2.26. The molecule has 0 aromatic heterocycles. The first-order valence-corrected chi connectivity index (χ1v) is 4.90. The number of anilines is 1. The summed E-state index contributed by atoms with van der Waals surface area (Å²) in [5.74, 6) is 0. The molecular formula is C11H16Cl2N2. The van der Waals surface area contributed by atoms with Gasteiger partial charge in [-0.3, -0.25) is 0 Å². The normalized spacial score (nSPS) is 19.7. The number of benzene rings is 1. The third-order valence-electron chi connectivity index (χ3n) is 3.33. The average molecular weight is 247 g/mol. The SMILES string of the molecule is Cl.Cl.Nc1ccc2c(c1)CNCC21CC1. The van der Waals surface area contributed by atoms with Crippen molar-refractivity contribution < 1.29 is 0 Å². The van der Waals surface area contributed by atoms with Gasteiger partial charge in [0.05, 0.1) is 0 Å². The standard InChI is InChI=1S/C11H14N2.2ClH/c12-9-1-2-10-8(5-9)6-13-7-11(10)3-4-11;;/h1-2,5,13H,3-4,6-7,12H2;2*1H. The zero-order valence-electron chi connectivity index (χ0n) is 8.45. The van der Waals surface area contributed by atoms with Crippen molar-refractivity contribution in [2.45, 2.75) is 24.8 Å². The van der Waals surface area contributed by atoms with Gasteiger partial charge in [0.25, 0.3) is 0 Å². The lowest BCUT2D eigenvalue weighted by molar-refractivity contribution is 0.531. The first-order chi connectivity index (χ1) is 6.30. The predicted octanol–water partition coefficient (Wildman–Crippen LogP) is 2.25. The number of hydrogen-bond acceptors (Lipinski definition) is 2. The Morgan fingerprint density at radius 1 is 1.20 bits per heavy atom. The van der Waals surface area contributed by atoms with E-state index in [1.807, 2.05) is 6.07 Å². The highest BCUT2D eigenvalue weighted by Gasteiger charge is 2.46. The molecule has 4 heteroatoms. The minimum absolute atomic E-state index is 0. The van der Waals surface area contributed by atoms with E-state index in [-0.39, 0.29) is 24.8 Å². The molecule has 1 heterocycles. The summed E-state index contributed by atoms with van der Waals surface area (Å²) in [6.07, 6.45) is 2.69. The number of hydrogen-bond donors (Lipinski definition) is 2. The van der Waals surface area contributed by atoms with Gasteiger partial charge >= 0.3 is 0 Å². The molecule has 0 amide bonds. The van der Waals surface area contributed by atoms with Gasteiger partial charge in [-0.2, -0.15) is 0 Å². The molecule has 0 bridgehead atoms. The Labute approximate surface area is 102 Å². The lowest BCUT2D eigenvalue weighted by atomic mass is 9.88. The van der Waals surface area contributed by atoms with E-state index in [0.29, 0.717) is 5.41 Å². The highest BCUT2D eigenvalue weighted by Crippen LogP contribution is 2.50. The number of halogens is 2. The molecule has 1 aromatic rings. The summed E-state index contributed by atoms with van der Waals surface area (Å²) in [6.45, 7) is 2.14. The first kappa shape index (κ1) is 12.6. The van der Waals surface area contributed by atoms with Crippen LogP contribution in [0.1, 0.15) is 24.0 Å². The molecule has 1 saturated carbocycles. The summed E-state index contributed by atoms with van der Waals surface area (Å²) in [5, 5.41) is 3.47. The van der Waals surface area contributed by atoms with Crippen molar-refractivity contribution in [3.8, 4) is 0 Å². The molecule has 0 unspecified atom stereocenters. The fraction of sp³-hybridized carbons (Fsp3) is 0.455. The minimum Gasteiger partial charge on any atom is -0.399 e. The smallest absolute Gasteiger partial charge is 0.0317 e. The zero-order chi connectivity index (χ0) is 8.89. The summed E-state index contributed by atoms with van der Waals surface area (Å²) in [5.41, 5.74) is 10.1. The van der Waals surface area contributed by atoms with Crippen LogP contribution < -0.4 is 11.1 Å². The van der Waals surface area contributed by atoms with Gasteiger partial charge in [0.15, 0.2) is 0 Å². The second kappa shape index (κ2) is 4.20. The van der Waals surface area contributed by atoms with Crippen LogP contribution in [0.25, 0.3) is 0 Å². The van der Waals surface area contributed by atoms with Gasteiger partial charge in [0.1, 0.15) is 0 Å². The van der Waals surface area contributed by atoms with E-state index in [1.54, 1.807) is 5.56 Å². The van der Waals surface area contributed by atoms with Crippen molar-refractivity contribution in [3.05, 3.63) is 29.3 Å². The first-order valence-electron chi connectivity index (χ1n) is 4.90. The molecule has 0 saturated heterocycles. The van der Waals surface area contributed by atoms with Gasteiger partial charge in [-0.1, -0.05) is 6.07 Å². The van der Waals surface area contributed by atoms with E-state index in [2.05, 4.69) is 17.4 Å². The Morgan fingerprint density at radius 3 is 2.60 bits per heavy atom. The van der Waals surface area contributed by atoms with Crippen LogP contribution in [-0.2, 0) is 12.0 Å². The van der Waals surface area contributed by atoms with Crippen molar-refractivity contribution in [3.63, 3.8) is 0 Å². The molecule has 2 nitrogen and oxygen atoms in total. The van der Waals surface area contributed by atoms with E-state index in [0.717, 1.165) is 18.8 Å². The fourth-order valence-electron chi connectivity index (χ4n) is 2.41. The quantitative estimate of drug-likeness (QED) is 0.690. The summed E-state index contributed by atoms with van der Waals surface area (Å²) < 4.78 is 0. The van der Waals surface area contributed by atoms with Crippen molar-refractivity contribution in [1.29, 1.82) is 0 Å². The van der Waals surface area contributed by atoms with Crippen LogP contribution in [0.5, 0.6) is 0 Å². The Kier molecular flexibility index (Phi) is 3.54. The number of rotatable bonds is 0. The molecule has 3 rings (SSSR count). The largest absolute Gasteiger partial charge is 0.399 e. The van der Waals surface area contributed by atoms with Crippen LogP contribution in [0.4, 0.5) is 5.69 Å². The van der Waals surface area contributed by atoms with Crippen LogP contribution in [-0.4, -0.2) is 6.54 Å². The van der Waals surface area contributed by atoms with Crippen LogP contribution in [0.3, 0.4) is 0 Å². The minimum atomic E-state index is 0. The fourth-order valence-corrected chi connectivity index (χ4v) is 2.41. The van der Waals surface area contributed by atoms with Crippen LogP contribution >= 0.6 is 24.8 Å². The molecule has 2 aliphatic rings. The Hall–Kier alpha value is -0.440. The van der Waals surface area contributed by atoms with E-state index in [4.69, 9.17) is 5.73 Å². The number of nitrogens with one attached hydrogen (secondary N) is 1. The Morgan fingerprint density at radius 2 is 1.93 bits per heavy atom. The van der Waals surface area contributed by atoms with Gasteiger partial charge in [-0.15, -0.1) is 24.8 Å². The monoisotopic (exact) mass is 246 g/mol. The maximum Gasteiger partial charge on any atom is 0.0317 e. The molecule has 0 atom stereocenters. The molecule has 1 aliphatic carbocycles. The predicted molar refractivity (Wildman–Crippen MR) is 68.0 cm³/mol. The summed E-state index contributed by atoms with van der Waals surface area (Å²) >= 11 is 0. The van der Waals surface area contributed by atoms with Crippen molar-refractivity contribution in [1.82, 2.24) is 5.32 Å². The Balaban J connectivity index is 0.000000562. The van der Waals surface area contributed by atoms with Crippen molar-refractivity contribution >= 4 is 30.5 Å². The highest BCUT2D eigenvalue weighted by molar-refractivity contribution is 5.85. The molecule has 0 radical (unpaired) electrons. The van der Waals surface area contributed by atoms with Gasteiger partial charge < -0.3 is 11.1 Å². The number of nitrogen functional groups attached to an aromatic ring is 1. The lowest BCUT2D eigenvalue weighted by Crippen LogP contribution is -2.33. The third-order valence-corrected chi connectivity index (χ3v) is 3.33. The van der Waals surface area contributed by atoms with Gasteiger partial charge in [-0.05, 0) is 36.1 Å². The van der Waals surface area contributed by atoms with Crippen molar-refractivity contribution in [2.75, 3.05) is 12.3 Å². The highest BCUT2D eigenvalue weighted by atomic mass is 35.5. The molecular weight excluding hydrogens is 231 g/mol. The second-order valence-corrected chi connectivity index (χ2v) is 4.30. The molecule has 84 valence electrons. The molecule has 1 aliphatic heterocycles. The van der Waals surface area contributed by atoms with E-state index >= 15 is 0 Å². The zero-order valence-corrected chi connectivity index (χ0v) is 10.1. The summed E-state index contributed by atoms with van der Waals surface area (Å²) in [6, 6.07) is 6.37. The molecule has 1 fully saturated rings. The second-order valence-electron chi connectivity index (χ2n) is 4.30. The van der Waals surface area contributed by atoms with E-state index in [9.17, 15) is 0 Å². The molecule has 3 N–H and O–H groups in total.